The average Bonchev–Trinajstić information content (AvgIpc) is 3.29. The second-order valence-electron chi connectivity index (χ2n) is 5.23. The molecule has 0 aliphatic heterocycles. The van der Waals surface area contributed by atoms with E-state index in [9.17, 15) is 4.79 Å². The van der Waals surface area contributed by atoms with Gasteiger partial charge in [-0.1, -0.05) is 11.2 Å². The van der Waals surface area contributed by atoms with Crippen molar-refractivity contribution >= 4 is 11.6 Å². The third-order valence-electron chi connectivity index (χ3n) is 3.39. The first kappa shape index (κ1) is 14.5. The van der Waals surface area contributed by atoms with Crippen molar-refractivity contribution in [3.8, 4) is 0 Å². The van der Waals surface area contributed by atoms with Crippen LogP contribution in [0.4, 0.5) is 5.69 Å². The van der Waals surface area contributed by atoms with Gasteiger partial charge in [-0.15, -0.1) is 0 Å². The lowest BCUT2D eigenvalue weighted by Gasteiger charge is -2.07. The maximum Gasteiger partial charge on any atom is 0.251 e. The van der Waals surface area contributed by atoms with E-state index < -0.39 is 0 Å². The fourth-order valence-electron chi connectivity index (χ4n) is 2.07. The molecular formula is C15H18N4O3. The van der Waals surface area contributed by atoms with Gasteiger partial charge in [0.1, 0.15) is 0 Å². The fourth-order valence-corrected chi connectivity index (χ4v) is 2.07. The highest BCUT2D eigenvalue weighted by Crippen LogP contribution is 2.38. The number of aliphatic hydroxyl groups is 1. The molecule has 1 saturated carbocycles. The average molecular weight is 302 g/mol. The number of aliphatic hydroxyl groups excluding tert-OH is 1. The summed E-state index contributed by atoms with van der Waals surface area (Å²) in [7, 11) is 0. The molecule has 22 heavy (non-hydrogen) atoms. The molecule has 7 nitrogen and oxygen atoms in total. The maximum atomic E-state index is 11.8. The molecule has 0 bridgehead atoms. The Labute approximate surface area is 127 Å². The topological polar surface area (TPSA) is 100 Å². The van der Waals surface area contributed by atoms with Gasteiger partial charge >= 0.3 is 0 Å². The molecule has 1 aliphatic rings. The lowest BCUT2D eigenvalue weighted by molar-refractivity contribution is 0.0945. The third kappa shape index (κ3) is 3.62. The first-order valence-corrected chi connectivity index (χ1v) is 7.32. The molecule has 1 fully saturated rings. The monoisotopic (exact) mass is 302 g/mol. The van der Waals surface area contributed by atoms with Gasteiger partial charge < -0.3 is 20.3 Å². The van der Waals surface area contributed by atoms with E-state index in [2.05, 4.69) is 20.8 Å². The van der Waals surface area contributed by atoms with Crippen molar-refractivity contribution in [3.05, 3.63) is 41.5 Å². The van der Waals surface area contributed by atoms with Crippen LogP contribution in [0, 0.1) is 0 Å². The first-order valence-electron chi connectivity index (χ1n) is 7.32. The quantitative estimate of drug-likeness (QED) is 0.712. The van der Waals surface area contributed by atoms with Gasteiger partial charge in [-0.25, -0.2) is 0 Å². The highest BCUT2D eigenvalue weighted by molar-refractivity contribution is 5.95. The molecule has 2 aromatic rings. The summed E-state index contributed by atoms with van der Waals surface area (Å²) >= 11 is 0. The van der Waals surface area contributed by atoms with Crippen molar-refractivity contribution in [2.45, 2.75) is 25.3 Å². The molecule has 0 atom stereocenters. The number of amides is 1. The van der Waals surface area contributed by atoms with Crippen LogP contribution < -0.4 is 10.6 Å². The van der Waals surface area contributed by atoms with E-state index in [0.29, 0.717) is 23.9 Å². The molecular weight excluding hydrogens is 284 g/mol. The zero-order chi connectivity index (χ0) is 15.4. The highest BCUT2D eigenvalue weighted by Gasteiger charge is 2.28. The predicted molar refractivity (Wildman–Crippen MR) is 79.5 cm³/mol. The molecule has 1 aromatic carbocycles. The zero-order valence-electron chi connectivity index (χ0n) is 12.1. The van der Waals surface area contributed by atoms with Crippen LogP contribution in [0.2, 0.25) is 0 Å². The van der Waals surface area contributed by atoms with Gasteiger partial charge in [0.05, 0.1) is 13.2 Å². The number of benzene rings is 1. The summed E-state index contributed by atoms with van der Waals surface area (Å²) in [4.78, 5) is 16.2. The van der Waals surface area contributed by atoms with E-state index in [1.165, 1.54) is 0 Å². The minimum Gasteiger partial charge on any atom is -0.395 e. The van der Waals surface area contributed by atoms with Gasteiger partial charge in [0.25, 0.3) is 5.91 Å². The van der Waals surface area contributed by atoms with Crippen LogP contribution in [0.25, 0.3) is 0 Å². The Kier molecular flexibility index (Phi) is 4.34. The van der Waals surface area contributed by atoms with Crippen LogP contribution in [0.3, 0.4) is 0 Å². The molecule has 3 N–H and O–H groups in total. The van der Waals surface area contributed by atoms with Crippen LogP contribution in [-0.4, -0.2) is 34.3 Å². The first-order chi connectivity index (χ1) is 10.8. The summed E-state index contributed by atoms with van der Waals surface area (Å²) in [5.74, 6) is 1.58. The molecule has 0 radical (unpaired) electrons. The maximum absolute atomic E-state index is 11.8. The number of carbonyl (C=O) groups excluding carboxylic acids is 1. The molecule has 0 unspecified atom stereocenters. The number of nitrogens with zero attached hydrogens (tertiary/aromatic N) is 2. The molecule has 1 aliphatic carbocycles. The lowest BCUT2D eigenvalue weighted by Crippen LogP contribution is -2.26. The van der Waals surface area contributed by atoms with E-state index in [0.717, 1.165) is 24.4 Å². The molecule has 7 heteroatoms. The van der Waals surface area contributed by atoms with Crippen molar-refractivity contribution in [1.29, 1.82) is 0 Å². The Hall–Kier alpha value is -2.41. The summed E-state index contributed by atoms with van der Waals surface area (Å²) in [5.41, 5.74) is 1.32. The number of anilines is 1. The Balaban J connectivity index is 1.58. The Bertz CT molecular complexity index is 652. The predicted octanol–water partition coefficient (Wildman–Crippen LogP) is 1.28. The summed E-state index contributed by atoms with van der Waals surface area (Å²) in [6.07, 6.45) is 2.27. The summed E-state index contributed by atoms with van der Waals surface area (Å²) in [6.45, 7) is 0.577. The van der Waals surface area contributed by atoms with E-state index in [1.54, 1.807) is 18.2 Å². The molecule has 1 amide bonds. The molecule has 0 saturated heterocycles. The standard InChI is InChI=1S/C15H18N4O3/c20-7-6-16-15(21)11-2-1-3-12(8-11)17-9-13-18-14(19-22-13)10-4-5-10/h1-3,8,10,17,20H,4-7,9H2,(H,16,21). The Morgan fingerprint density at radius 2 is 2.27 bits per heavy atom. The summed E-state index contributed by atoms with van der Waals surface area (Å²) in [5, 5.41) is 18.5. The van der Waals surface area contributed by atoms with Crippen molar-refractivity contribution in [2.24, 2.45) is 0 Å². The van der Waals surface area contributed by atoms with Gasteiger partial charge in [0.2, 0.25) is 5.89 Å². The zero-order valence-corrected chi connectivity index (χ0v) is 12.1. The smallest absolute Gasteiger partial charge is 0.251 e. The molecule has 1 aromatic heterocycles. The van der Waals surface area contributed by atoms with Crippen LogP contribution in [-0.2, 0) is 6.54 Å². The largest absolute Gasteiger partial charge is 0.395 e. The van der Waals surface area contributed by atoms with Crippen molar-refractivity contribution in [1.82, 2.24) is 15.5 Å². The van der Waals surface area contributed by atoms with Gasteiger partial charge in [0.15, 0.2) is 5.82 Å². The minimum absolute atomic E-state index is 0.0792. The molecule has 116 valence electrons. The van der Waals surface area contributed by atoms with Crippen LogP contribution in [0.15, 0.2) is 28.8 Å². The van der Waals surface area contributed by atoms with E-state index >= 15 is 0 Å². The summed E-state index contributed by atoms with van der Waals surface area (Å²) in [6, 6.07) is 7.11. The fraction of sp³-hybridized carbons (Fsp3) is 0.400. The van der Waals surface area contributed by atoms with Crippen LogP contribution in [0.1, 0.15) is 40.8 Å². The van der Waals surface area contributed by atoms with Gasteiger partial charge in [-0.05, 0) is 31.0 Å². The Morgan fingerprint density at radius 3 is 3.05 bits per heavy atom. The van der Waals surface area contributed by atoms with E-state index in [1.807, 2.05) is 6.07 Å². The van der Waals surface area contributed by atoms with Crippen LogP contribution in [0.5, 0.6) is 0 Å². The van der Waals surface area contributed by atoms with Crippen molar-refractivity contribution in [2.75, 3.05) is 18.5 Å². The van der Waals surface area contributed by atoms with Gasteiger partial charge in [-0.2, -0.15) is 4.98 Å². The molecule has 0 spiro atoms. The van der Waals surface area contributed by atoms with E-state index in [-0.39, 0.29) is 19.1 Å². The number of aromatic nitrogens is 2. The second kappa shape index (κ2) is 6.57. The number of hydrogen-bond donors (Lipinski definition) is 3. The van der Waals surface area contributed by atoms with Crippen LogP contribution >= 0.6 is 0 Å². The number of hydrogen-bond acceptors (Lipinski definition) is 6. The SMILES string of the molecule is O=C(NCCO)c1cccc(NCc2nc(C3CC3)no2)c1. The summed E-state index contributed by atoms with van der Waals surface area (Å²) < 4.78 is 5.19. The van der Waals surface area contributed by atoms with Gasteiger partial charge in [-0.3, -0.25) is 4.79 Å². The lowest BCUT2D eigenvalue weighted by atomic mass is 10.2. The minimum atomic E-state index is -0.216. The number of rotatable bonds is 7. The molecule has 1 heterocycles. The number of nitrogens with one attached hydrogen (secondary N) is 2. The van der Waals surface area contributed by atoms with Crippen molar-refractivity contribution in [3.63, 3.8) is 0 Å². The van der Waals surface area contributed by atoms with Gasteiger partial charge in [0, 0.05) is 23.7 Å². The highest BCUT2D eigenvalue weighted by atomic mass is 16.5. The third-order valence-corrected chi connectivity index (χ3v) is 3.39. The second-order valence-corrected chi connectivity index (χ2v) is 5.23. The Morgan fingerprint density at radius 1 is 1.41 bits per heavy atom. The van der Waals surface area contributed by atoms with E-state index in [4.69, 9.17) is 9.63 Å². The molecule has 3 rings (SSSR count). The normalized spacial score (nSPS) is 13.9. The number of carbonyl (C=O) groups is 1. The van der Waals surface area contributed by atoms with Crippen molar-refractivity contribution < 1.29 is 14.4 Å².